The second kappa shape index (κ2) is 15.0. The summed E-state index contributed by atoms with van der Waals surface area (Å²) in [5.74, 6) is 1.73. The standard InChI is InChI=1S/C32H55O2/c1-7-8-9-10-11-12-13-14-15-16-17-18-19-20-22-32(6)23-21-27-29(34-32)24-28(25(2)3)31(33)30(27)26(4)5/h24-26H,7-23H2,1-6H3. The number of benzene rings is 1. The largest absolute Gasteiger partial charge is 0.487 e. The van der Waals surface area contributed by atoms with Crippen LogP contribution in [0.2, 0.25) is 0 Å². The normalized spacial score (nSPS) is 17.9. The second-order valence-electron chi connectivity index (χ2n) is 11.9. The highest BCUT2D eigenvalue weighted by Crippen LogP contribution is 2.46. The molecule has 0 aromatic heterocycles. The maximum atomic E-state index is 13.0. The minimum atomic E-state index is -0.0863. The summed E-state index contributed by atoms with van der Waals surface area (Å²) in [5, 5.41) is 13.0. The fourth-order valence-corrected chi connectivity index (χ4v) is 5.68. The Bertz CT molecular complexity index is 705. The highest BCUT2D eigenvalue weighted by atomic mass is 16.5. The molecule has 2 rings (SSSR count). The van der Waals surface area contributed by atoms with Crippen LogP contribution in [0.1, 0.15) is 173 Å². The molecule has 0 spiro atoms. The Morgan fingerprint density at radius 3 is 1.76 bits per heavy atom. The first kappa shape index (κ1) is 29.1. The van der Waals surface area contributed by atoms with Gasteiger partial charge >= 0.3 is 0 Å². The van der Waals surface area contributed by atoms with Crippen LogP contribution >= 0.6 is 0 Å². The Balaban J connectivity index is 1.67. The first-order valence-corrected chi connectivity index (χ1v) is 14.8. The lowest BCUT2D eigenvalue weighted by molar-refractivity contribution is 0.0526. The number of unbranched alkanes of at least 4 members (excludes halogenated alkanes) is 13. The predicted molar refractivity (Wildman–Crippen MR) is 147 cm³/mol. The van der Waals surface area contributed by atoms with E-state index in [2.05, 4.69) is 47.6 Å². The van der Waals surface area contributed by atoms with E-state index in [1.54, 1.807) is 0 Å². The molecule has 1 atom stereocenters. The van der Waals surface area contributed by atoms with Crippen molar-refractivity contribution < 1.29 is 9.84 Å². The second-order valence-corrected chi connectivity index (χ2v) is 11.9. The van der Waals surface area contributed by atoms with E-state index in [-0.39, 0.29) is 23.2 Å². The molecule has 2 nitrogen and oxygen atoms in total. The van der Waals surface area contributed by atoms with Crippen LogP contribution < -0.4 is 4.74 Å². The molecule has 0 bridgehead atoms. The van der Waals surface area contributed by atoms with Gasteiger partial charge in [-0.3, -0.25) is 5.11 Å². The summed E-state index contributed by atoms with van der Waals surface area (Å²) in [6.45, 7) is 13.1. The number of fused-ring (bicyclic) bond motifs is 1. The Kier molecular flexibility index (Phi) is 12.9. The molecule has 195 valence electrons. The molecule has 0 amide bonds. The van der Waals surface area contributed by atoms with E-state index in [9.17, 15) is 5.11 Å². The number of rotatable bonds is 17. The molecule has 1 heterocycles. The SMILES string of the molecule is CCCCCCCCCCCCCCCCC1(C)CCc2c(cc(C(C)C)c([O])c2C(C)C)O1. The fourth-order valence-electron chi connectivity index (χ4n) is 5.68. The van der Waals surface area contributed by atoms with E-state index >= 15 is 0 Å². The van der Waals surface area contributed by atoms with Gasteiger partial charge in [-0.05, 0) is 50.5 Å². The third-order valence-corrected chi connectivity index (χ3v) is 7.93. The van der Waals surface area contributed by atoms with Crippen molar-refractivity contribution in [2.75, 3.05) is 0 Å². The van der Waals surface area contributed by atoms with Gasteiger partial charge in [0.25, 0.3) is 0 Å². The third kappa shape index (κ3) is 9.12. The van der Waals surface area contributed by atoms with E-state index in [1.165, 1.54) is 95.5 Å². The van der Waals surface area contributed by atoms with Gasteiger partial charge in [-0.2, -0.15) is 0 Å². The van der Waals surface area contributed by atoms with Crippen molar-refractivity contribution in [3.8, 4) is 11.5 Å². The van der Waals surface area contributed by atoms with Crippen molar-refractivity contribution in [2.24, 2.45) is 0 Å². The summed E-state index contributed by atoms with van der Waals surface area (Å²) in [5.41, 5.74) is 3.02. The van der Waals surface area contributed by atoms with Crippen LogP contribution in [0.4, 0.5) is 0 Å². The zero-order valence-electron chi connectivity index (χ0n) is 23.6. The van der Waals surface area contributed by atoms with E-state index in [0.717, 1.165) is 36.1 Å². The quantitative estimate of drug-likeness (QED) is 0.208. The Morgan fingerprint density at radius 2 is 1.29 bits per heavy atom. The van der Waals surface area contributed by atoms with Gasteiger partial charge in [0.05, 0.1) is 0 Å². The van der Waals surface area contributed by atoms with Gasteiger partial charge < -0.3 is 4.74 Å². The van der Waals surface area contributed by atoms with E-state index in [4.69, 9.17) is 4.74 Å². The molecular formula is C32H55O2. The molecule has 34 heavy (non-hydrogen) atoms. The van der Waals surface area contributed by atoms with Gasteiger partial charge in [0, 0.05) is 16.7 Å². The molecule has 0 N–H and O–H groups in total. The summed E-state index contributed by atoms with van der Waals surface area (Å²) < 4.78 is 6.63. The molecule has 2 heteroatoms. The van der Waals surface area contributed by atoms with Crippen LogP contribution in [-0.4, -0.2) is 5.60 Å². The number of ether oxygens (including phenoxy) is 1. The zero-order valence-corrected chi connectivity index (χ0v) is 23.6. The minimum absolute atomic E-state index is 0.0863. The summed E-state index contributed by atoms with van der Waals surface area (Å²) in [6, 6.07) is 2.07. The van der Waals surface area contributed by atoms with Crippen LogP contribution in [0.3, 0.4) is 0 Å². The Morgan fingerprint density at radius 1 is 0.794 bits per heavy atom. The smallest absolute Gasteiger partial charge is 0.186 e. The van der Waals surface area contributed by atoms with E-state index in [1.807, 2.05) is 0 Å². The first-order chi connectivity index (χ1) is 16.3. The Hall–Kier alpha value is -1.18. The average Bonchev–Trinajstić information content (AvgIpc) is 2.78. The summed E-state index contributed by atoms with van der Waals surface area (Å²) in [4.78, 5) is 0. The van der Waals surface area contributed by atoms with Crippen LogP contribution in [0.5, 0.6) is 11.5 Å². The van der Waals surface area contributed by atoms with Crippen LogP contribution in [-0.2, 0) is 11.5 Å². The molecule has 1 aromatic carbocycles. The molecule has 1 aromatic rings. The highest BCUT2D eigenvalue weighted by molar-refractivity contribution is 5.56. The molecule has 0 saturated heterocycles. The van der Waals surface area contributed by atoms with Gasteiger partial charge in [0.15, 0.2) is 5.75 Å². The van der Waals surface area contributed by atoms with E-state index in [0.29, 0.717) is 0 Å². The maximum Gasteiger partial charge on any atom is 0.186 e. The van der Waals surface area contributed by atoms with Gasteiger partial charge in [-0.15, -0.1) is 0 Å². The minimum Gasteiger partial charge on any atom is -0.487 e. The van der Waals surface area contributed by atoms with Crippen molar-refractivity contribution in [1.82, 2.24) is 0 Å². The van der Waals surface area contributed by atoms with Crippen molar-refractivity contribution in [3.05, 3.63) is 22.8 Å². The first-order valence-electron chi connectivity index (χ1n) is 14.8. The molecule has 0 aliphatic carbocycles. The molecule has 1 aliphatic heterocycles. The molecular weight excluding hydrogens is 416 g/mol. The fraction of sp³-hybridized carbons (Fsp3) is 0.812. The van der Waals surface area contributed by atoms with Crippen molar-refractivity contribution in [2.45, 2.75) is 168 Å². The van der Waals surface area contributed by atoms with Gasteiger partial charge in [-0.25, -0.2) is 0 Å². The molecule has 1 radical (unpaired) electrons. The van der Waals surface area contributed by atoms with Gasteiger partial charge in [0.1, 0.15) is 11.4 Å². The predicted octanol–water partition coefficient (Wildman–Crippen LogP) is 11.0. The van der Waals surface area contributed by atoms with Gasteiger partial charge in [-0.1, -0.05) is 118 Å². The lowest BCUT2D eigenvalue weighted by Crippen LogP contribution is -2.36. The molecule has 0 fully saturated rings. The zero-order chi connectivity index (χ0) is 25.0. The van der Waals surface area contributed by atoms with Crippen molar-refractivity contribution >= 4 is 0 Å². The monoisotopic (exact) mass is 471 g/mol. The number of hydrogen-bond donors (Lipinski definition) is 0. The molecule has 0 saturated carbocycles. The Labute approximate surface area is 212 Å². The third-order valence-electron chi connectivity index (χ3n) is 7.93. The molecule has 1 unspecified atom stereocenters. The van der Waals surface area contributed by atoms with Crippen LogP contribution in [0.25, 0.3) is 0 Å². The number of hydrogen-bond acceptors (Lipinski definition) is 1. The lowest BCUT2D eigenvalue weighted by Gasteiger charge is -2.38. The topological polar surface area (TPSA) is 29.1 Å². The summed E-state index contributed by atoms with van der Waals surface area (Å²) >= 11 is 0. The van der Waals surface area contributed by atoms with E-state index < -0.39 is 0 Å². The summed E-state index contributed by atoms with van der Waals surface area (Å²) in [7, 11) is 0. The van der Waals surface area contributed by atoms with Gasteiger partial charge in [0.2, 0.25) is 0 Å². The highest BCUT2D eigenvalue weighted by Gasteiger charge is 2.34. The maximum absolute atomic E-state index is 13.0. The van der Waals surface area contributed by atoms with Crippen molar-refractivity contribution in [1.29, 1.82) is 0 Å². The lowest BCUT2D eigenvalue weighted by atomic mass is 9.82. The van der Waals surface area contributed by atoms with Crippen molar-refractivity contribution in [3.63, 3.8) is 0 Å². The average molecular weight is 472 g/mol. The summed E-state index contributed by atoms with van der Waals surface area (Å²) in [6.07, 6.45) is 22.7. The van der Waals surface area contributed by atoms with Crippen LogP contribution in [0, 0.1) is 0 Å². The van der Waals surface area contributed by atoms with Crippen LogP contribution in [0.15, 0.2) is 6.07 Å². The molecule has 1 aliphatic rings.